The Morgan fingerprint density at radius 1 is 1.15 bits per heavy atom. The second-order valence-electron chi connectivity index (χ2n) is 8.99. The fraction of sp³-hybridized carbons (Fsp3) is 0.333. The monoisotopic (exact) mass is 588 g/mol. The van der Waals surface area contributed by atoms with Gasteiger partial charge in [-0.3, -0.25) is 9.52 Å². The van der Waals surface area contributed by atoms with Crippen molar-refractivity contribution in [3.63, 3.8) is 0 Å². The molecule has 2 aliphatic heterocycles. The number of halogens is 5. The Labute approximate surface area is 224 Å². The summed E-state index contributed by atoms with van der Waals surface area (Å²) in [5.74, 6) is -3.46. The number of aromatic nitrogens is 1. The fourth-order valence-corrected chi connectivity index (χ4v) is 6.01. The lowest BCUT2D eigenvalue weighted by Crippen LogP contribution is -2.62. The molecule has 0 bridgehead atoms. The number of methoxy groups -OCH3 is 1. The number of rotatable bonds is 6. The molecule has 2 aromatic carbocycles. The Morgan fingerprint density at radius 2 is 1.93 bits per heavy atom. The predicted molar refractivity (Wildman–Crippen MR) is 130 cm³/mol. The molecule has 0 aliphatic carbocycles. The number of benzene rings is 2. The van der Waals surface area contributed by atoms with Crippen LogP contribution in [0.25, 0.3) is 11.1 Å². The van der Waals surface area contributed by atoms with Gasteiger partial charge in [0, 0.05) is 36.3 Å². The number of nitrogens with one attached hydrogen (secondary N) is 1. The van der Waals surface area contributed by atoms with E-state index in [2.05, 4.69) is 14.4 Å². The molecule has 2 saturated heterocycles. The summed E-state index contributed by atoms with van der Waals surface area (Å²) in [5, 5.41) is 3.51. The average molecular weight is 589 g/mol. The Morgan fingerprint density at radius 3 is 2.60 bits per heavy atom. The molecule has 214 valence electrons. The zero-order chi connectivity index (χ0) is 28.8. The van der Waals surface area contributed by atoms with Crippen molar-refractivity contribution in [1.82, 2.24) is 9.46 Å². The third-order valence-electron chi connectivity index (χ3n) is 6.64. The SMILES string of the molecule is COc1cc(-c2cccc(C(F)(F)F)c2F)c(F)cc1N1C(=O)CO[C@H]2CN(S(=O)(=O)Nc3ccon3)CC[C@@H]21. The van der Waals surface area contributed by atoms with Crippen LogP contribution in [0.1, 0.15) is 12.0 Å². The zero-order valence-electron chi connectivity index (χ0n) is 20.6. The molecule has 1 N–H and O–H groups in total. The maximum Gasteiger partial charge on any atom is 0.419 e. The third-order valence-corrected chi connectivity index (χ3v) is 8.12. The first-order valence-corrected chi connectivity index (χ1v) is 13.2. The van der Waals surface area contributed by atoms with Crippen LogP contribution >= 0.6 is 0 Å². The van der Waals surface area contributed by atoms with Crippen LogP contribution in [-0.2, 0) is 25.9 Å². The van der Waals surface area contributed by atoms with Gasteiger partial charge < -0.3 is 18.9 Å². The van der Waals surface area contributed by atoms with Crippen molar-refractivity contribution in [3.8, 4) is 16.9 Å². The number of amides is 1. The minimum atomic E-state index is -5.00. The Bertz CT molecular complexity index is 1530. The molecule has 1 amide bonds. The standard InChI is InChI=1S/C24H21F5N4O6S/c1-37-19-9-14(13-3-2-4-15(23(13)26)24(27,28)29)16(25)10-18(19)33-17-5-7-32(11-20(17)38-12-22(33)34)40(35,36)31-21-6-8-39-30-21/h2-4,6,8-10,17,20H,5,7,11-12H2,1H3,(H,30,31)/t17-,20-/m0/s1. The van der Waals surface area contributed by atoms with Gasteiger partial charge in [0.15, 0.2) is 5.82 Å². The molecular weight excluding hydrogens is 567 g/mol. The smallest absolute Gasteiger partial charge is 0.419 e. The number of morpholine rings is 1. The van der Waals surface area contributed by atoms with E-state index in [1.165, 1.54) is 24.3 Å². The van der Waals surface area contributed by atoms with Crippen molar-refractivity contribution in [1.29, 1.82) is 0 Å². The number of ether oxygens (including phenoxy) is 2. The van der Waals surface area contributed by atoms with E-state index >= 15 is 4.39 Å². The zero-order valence-corrected chi connectivity index (χ0v) is 21.4. The number of carbonyl (C=O) groups is 1. The number of carbonyl (C=O) groups excluding carboxylic acids is 1. The van der Waals surface area contributed by atoms with Crippen LogP contribution in [0, 0.1) is 11.6 Å². The van der Waals surface area contributed by atoms with E-state index < -0.39 is 69.4 Å². The quantitative estimate of drug-likeness (QED) is 0.436. The summed E-state index contributed by atoms with van der Waals surface area (Å²) < 4.78 is 114. The van der Waals surface area contributed by atoms with Crippen LogP contribution < -0.4 is 14.4 Å². The summed E-state index contributed by atoms with van der Waals surface area (Å²) in [7, 11) is -2.84. The van der Waals surface area contributed by atoms with Crippen LogP contribution in [0.2, 0.25) is 0 Å². The highest BCUT2D eigenvalue weighted by Crippen LogP contribution is 2.42. The summed E-state index contributed by atoms with van der Waals surface area (Å²) in [6, 6.07) is 4.98. The largest absolute Gasteiger partial charge is 0.495 e. The normalized spacial score (nSPS) is 20.4. The van der Waals surface area contributed by atoms with E-state index in [9.17, 15) is 30.8 Å². The maximum absolute atomic E-state index is 15.4. The summed E-state index contributed by atoms with van der Waals surface area (Å²) in [5.41, 5.74) is -2.75. The number of anilines is 2. The topological polar surface area (TPSA) is 114 Å². The second-order valence-corrected chi connectivity index (χ2v) is 10.7. The van der Waals surface area contributed by atoms with Gasteiger partial charge in [-0.15, -0.1) is 0 Å². The first-order chi connectivity index (χ1) is 18.9. The molecule has 0 unspecified atom stereocenters. The van der Waals surface area contributed by atoms with E-state index in [1.807, 2.05) is 0 Å². The van der Waals surface area contributed by atoms with Gasteiger partial charge in [-0.05, 0) is 18.6 Å². The summed E-state index contributed by atoms with van der Waals surface area (Å²) in [6.45, 7) is -0.652. The molecule has 40 heavy (non-hydrogen) atoms. The van der Waals surface area contributed by atoms with Crippen molar-refractivity contribution in [2.24, 2.45) is 0 Å². The van der Waals surface area contributed by atoms with Crippen LogP contribution in [-0.4, -0.2) is 62.7 Å². The Hall–Kier alpha value is -3.76. The molecule has 1 aromatic heterocycles. The molecule has 2 aliphatic rings. The van der Waals surface area contributed by atoms with Gasteiger partial charge >= 0.3 is 16.4 Å². The van der Waals surface area contributed by atoms with E-state index in [1.54, 1.807) is 0 Å². The second kappa shape index (κ2) is 10.3. The van der Waals surface area contributed by atoms with E-state index in [-0.39, 0.29) is 36.8 Å². The van der Waals surface area contributed by atoms with Crippen molar-refractivity contribution >= 4 is 27.6 Å². The Kier molecular flexibility index (Phi) is 7.18. The van der Waals surface area contributed by atoms with Gasteiger partial charge in [0.2, 0.25) is 0 Å². The lowest BCUT2D eigenvalue weighted by molar-refractivity contribution is -0.140. The van der Waals surface area contributed by atoms with E-state index in [4.69, 9.17) is 9.47 Å². The molecule has 5 rings (SSSR count). The van der Waals surface area contributed by atoms with Gasteiger partial charge in [0.05, 0.1) is 30.5 Å². The van der Waals surface area contributed by atoms with Gasteiger partial charge in [-0.2, -0.15) is 25.9 Å². The summed E-state index contributed by atoms with van der Waals surface area (Å²) in [6.07, 6.45) is -4.53. The highest BCUT2D eigenvalue weighted by atomic mass is 32.2. The van der Waals surface area contributed by atoms with Crippen LogP contribution in [0.5, 0.6) is 5.75 Å². The van der Waals surface area contributed by atoms with Gasteiger partial charge in [0.25, 0.3) is 5.91 Å². The lowest BCUT2D eigenvalue weighted by Gasteiger charge is -2.46. The average Bonchev–Trinajstić information content (AvgIpc) is 3.40. The first kappa shape index (κ1) is 27.8. The van der Waals surface area contributed by atoms with Crippen molar-refractivity contribution in [3.05, 3.63) is 59.9 Å². The van der Waals surface area contributed by atoms with Crippen LogP contribution in [0.4, 0.5) is 33.5 Å². The number of hydrogen-bond donors (Lipinski definition) is 1. The molecule has 16 heteroatoms. The number of hydrogen-bond acceptors (Lipinski definition) is 7. The number of alkyl halides is 3. The maximum atomic E-state index is 15.4. The van der Waals surface area contributed by atoms with Crippen LogP contribution in [0.3, 0.4) is 0 Å². The minimum absolute atomic E-state index is 0.0269. The molecular formula is C24H21F5N4O6S. The summed E-state index contributed by atoms with van der Waals surface area (Å²) >= 11 is 0. The van der Waals surface area contributed by atoms with Crippen molar-refractivity contribution in [2.75, 3.05) is 36.4 Å². The van der Waals surface area contributed by atoms with Gasteiger partial charge in [0.1, 0.15) is 30.3 Å². The summed E-state index contributed by atoms with van der Waals surface area (Å²) in [4.78, 5) is 14.2. The third kappa shape index (κ3) is 5.09. The molecule has 0 radical (unpaired) electrons. The minimum Gasteiger partial charge on any atom is -0.495 e. The fourth-order valence-electron chi connectivity index (χ4n) is 4.82. The molecule has 3 aromatic rings. The molecule has 0 spiro atoms. The highest BCUT2D eigenvalue weighted by Gasteiger charge is 2.45. The first-order valence-electron chi connectivity index (χ1n) is 11.8. The number of nitrogens with zero attached hydrogens (tertiary/aromatic N) is 3. The van der Waals surface area contributed by atoms with E-state index in [0.717, 1.165) is 28.6 Å². The molecule has 0 saturated carbocycles. The molecule has 2 atom stereocenters. The lowest BCUT2D eigenvalue weighted by atomic mass is 9.96. The molecule has 10 nitrogen and oxygen atoms in total. The molecule has 2 fully saturated rings. The highest BCUT2D eigenvalue weighted by molar-refractivity contribution is 7.90. The number of fused-ring (bicyclic) bond motifs is 1. The Balaban J connectivity index is 1.46. The van der Waals surface area contributed by atoms with Gasteiger partial charge in [-0.25, -0.2) is 8.78 Å². The van der Waals surface area contributed by atoms with Crippen molar-refractivity contribution < 1.29 is 49.2 Å². The predicted octanol–water partition coefficient (Wildman–Crippen LogP) is 3.81. The van der Waals surface area contributed by atoms with Gasteiger partial charge in [-0.1, -0.05) is 17.3 Å². The van der Waals surface area contributed by atoms with Crippen molar-refractivity contribution in [2.45, 2.75) is 24.7 Å². The van der Waals surface area contributed by atoms with Crippen LogP contribution in [0.15, 0.2) is 47.2 Å². The number of piperidine rings is 1. The van der Waals surface area contributed by atoms with E-state index in [0.29, 0.717) is 6.07 Å². The molecule has 3 heterocycles.